The number of piperidine rings is 1. The lowest BCUT2D eigenvalue weighted by Crippen LogP contribution is -2.48. The molecule has 1 fully saturated rings. The first-order chi connectivity index (χ1) is 14.0. The van der Waals surface area contributed by atoms with Gasteiger partial charge in [0.25, 0.3) is 5.91 Å². The fourth-order valence-corrected chi connectivity index (χ4v) is 3.66. The van der Waals surface area contributed by atoms with Gasteiger partial charge in [0.15, 0.2) is 11.5 Å². The van der Waals surface area contributed by atoms with Crippen molar-refractivity contribution in [3.8, 4) is 0 Å². The number of aryl methyl sites for hydroxylation is 1. The third-order valence-corrected chi connectivity index (χ3v) is 5.41. The van der Waals surface area contributed by atoms with Gasteiger partial charge in [-0.25, -0.2) is 15.0 Å². The molecular weight excluding hydrogens is 374 g/mol. The molecule has 0 aromatic carbocycles. The van der Waals surface area contributed by atoms with Crippen molar-refractivity contribution in [1.82, 2.24) is 29.7 Å². The number of fused-ring (bicyclic) bond motifs is 1. The molecule has 1 atom stereocenters. The maximum Gasteiger partial charge on any atom is 0.255 e. The van der Waals surface area contributed by atoms with E-state index in [-0.39, 0.29) is 23.7 Å². The average molecular weight is 397 g/mol. The quantitative estimate of drug-likeness (QED) is 0.678. The number of nitrogens with one attached hydrogen (secondary N) is 1. The summed E-state index contributed by atoms with van der Waals surface area (Å²) in [7, 11) is 0. The minimum atomic E-state index is -0.464. The highest BCUT2D eigenvalue weighted by Crippen LogP contribution is 2.22. The molecule has 10 nitrogen and oxygen atoms in total. The first-order valence-corrected chi connectivity index (χ1v) is 9.52. The fourth-order valence-electron chi connectivity index (χ4n) is 3.66. The summed E-state index contributed by atoms with van der Waals surface area (Å²) in [5, 5.41) is 3.03. The summed E-state index contributed by atoms with van der Waals surface area (Å²) in [6.45, 7) is 4.72. The van der Waals surface area contributed by atoms with Gasteiger partial charge in [-0.2, -0.15) is 0 Å². The Morgan fingerprint density at radius 2 is 2.03 bits per heavy atom. The number of carbonyl (C=O) groups excluding carboxylic acids is 2. The van der Waals surface area contributed by atoms with Crippen LogP contribution >= 0.6 is 0 Å². The summed E-state index contributed by atoms with van der Waals surface area (Å²) in [5.41, 5.74) is 7.40. The molecule has 4 heterocycles. The number of nitrogens with zero attached hydrogens (tertiary/aromatic N) is 5. The van der Waals surface area contributed by atoms with Crippen molar-refractivity contribution in [2.24, 2.45) is 0 Å². The molecule has 1 unspecified atom stereocenters. The van der Waals surface area contributed by atoms with Crippen molar-refractivity contribution in [2.75, 3.05) is 18.8 Å². The molecule has 152 valence electrons. The summed E-state index contributed by atoms with van der Waals surface area (Å²) >= 11 is 0. The van der Waals surface area contributed by atoms with E-state index in [1.165, 1.54) is 12.6 Å². The predicted octanol–water partition coefficient (Wildman–Crippen LogP) is 1.29. The first kappa shape index (κ1) is 18.9. The number of amides is 2. The highest BCUT2D eigenvalue weighted by atomic mass is 16.3. The van der Waals surface area contributed by atoms with Crippen LogP contribution in [-0.4, -0.2) is 55.4 Å². The van der Waals surface area contributed by atoms with Crippen LogP contribution in [0.4, 0.5) is 5.82 Å². The van der Waals surface area contributed by atoms with Gasteiger partial charge in [-0.15, -0.1) is 0 Å². The third-order valence-electron chi connectivity index (χ3n) is 5.41. The zero-order valence-electron chi connectivity index (χ0n) is 16.3. The zero-order valence-corrected chi connectivity index (χ0v) is 16.3. The molecule has 1 saturated heterocycles. The average Bonchev–Trinajstić information content (AvgIpc) is 3.34. The standard InChI is InChI=1S/C19H23N7O3/c1-11(26-10-23-15-16(20)21-9-22-17(15)26)19(28)25-6-3-13(4-7-25)24-18(27)14-5-8-29-12(14)2/h5,8-11,13H,3-4,6-7H2,1-2H3,(H,24,27)(H2,20,21,22). The van der Waals surface area contributed by atoms with Crippen LogP contribution < -0.4 is 11.1 Å². The van der Waals surface area contributed by atoms with Gasteiger partial charge in [-0.1, -0.05) is 0 Å². The molecule has 10 heteroatoms. The predicted molar refractivity (Wildman–Crippen MR) is 105 cm³/mol. The van der Waals surface area contributed by atoms with Gasteiger partial charge in [0.05, 0.1) is 18.2 Å². The van der Waals surface area contributed by atoms with Gasteiger partial charge >= 0.3 is 0 Å². The third kappa shape index (κ3) is 3.53. The Labute approximate surface area is 167 Å². The van der Waals surface area contributed by atoms with E-state index in [1.54, 1.807) is 23.9 Å². The Morgan fingerprint density at radius 3 is 2.72 bits per heavy atom. The van der Waals surface area contributed by atoms with Crippen molar-refractivity contribution < 1.29 is 14.0 Å². The SMILES string of the molecule is Cc1occc1C(=O)NC1CCN(C(=O)C(C)n2cnc3c(N)ncnc32)CC1. The molecule has 0 aliphatic carbocycles. The number of nitrogen functional groups attached to an aromatic ring is 1. The second kappa shape index (κ2) is 7.53. The van der Waals surface area contributed by atoms with Crippen LogP contribution in [0.25, 0.3) is 11.2 Å². The monoisotopic (exact) mass is 397 g/mol. The van der Waals surface area contributed by atoms with E-state index in [2.05, 4.69) is 20.3 Å². The van der Waals surface area contributed by atoms with Crippen molar-refractivity contribution in [3.63, 3.8) is 0 Å². The van der Waals surface area contributed by atoms with E-state index in [9.17, 15) is 9.59 Å². The minimum absolute atomic E-state index is 0.0167. The number of rotatable bonds is 4. The van der Waals surface area contributed by atoms with Gasteiger partial charge in [0, 0.05) is 19.1 Å². The Hall–Kier alpha value is -3.43. The number of carbonyl (C=O) groups is 2. The number of furan rings is 1. The maximum absolute atomic E-state index is 13.0. The number of hydrogen-bond acceptors (Lipinski definition) is 7. The summed E-state index contributed by atoms with van der Waals surface area (Å²) in [6, 6.07) is 1.23. The minimum Gasteiger partial charge on any atom is -0.469 e. The molecule has 3 aromatic rings. The molecule has 1 aliphatic rings. The Kier molecular flexibility index (Phi) is 4.91. The molecule has 0 spiro atoms. The lowest BCUT2D eigenvalue weighted by molar-refractivity contribution is -0.135. The number of nitrogens with two attached hydrogens (primary N) is 1. The number of likely N-dealkylation sites (tertiary alicyclic amines) is 1. The second-order valence-electron chi connectivity index (χ2n) is 7.22. The second-order valence-corrected chi connectivity index (χ2v) is 7.22. The molecule has 2 amide bonds. The van der Waals surface area contributed by atoms with Crippen LogP contribution in [0.1, 0.15) is 41.9 Å². The molecule has 3 N–H and O–H groups in total. The largest absolute Gasteiger partial charge is 0.469 e. The molecule has 29 heavy (non-hydrogen) atoms. The Balaban J connectivity index is 1.38. The molecule has 0 bridgehead atoms. The number of imidazole rings is 1. The summed E-state index contributed by atoms with van der Waals surface area (Å²) < 4.78 is 6.90. The van der Waals surface area contributed by atoms with Crippen LogP contribution in [0.15, 0.2) is 29.4 Å². The van der Waals surface area contributed by atoms with Crippen molar-refractivity contribution in [3.05, 3.63) is 36.3 Å². The van der Waals surface area contributed by atoms with Crippen molar-refractivity contribution in [1.29, 1.82) is 0 Å². The number of aromatic nitrogens is 4. The van der Waals surface area contributed by atoms with E-state index in [1.807, 2.05) is 11.8 Å². The van der Waals surface area contributed by atoms with Crippen molar-refractivity contribution >= 4 is 28.8 Å². The van der Waals surface area contributed by atoms with Gasteiger partial charge in [-0.3, -0.25) is 9.59 Å². The van der Waals surface area contributed by atoms with E-state index in [0.29, 0.717) is 48.4 Å². The molecular formula is C19H23N7O3. The first-order valence-electron chi connectivity index (χ1n) is 9.52. The maximum atomic E-state index is 13.0. The molecule has 4 rings (SSSR count). The van der Waals surface area contributed by atoms with Crippen LogP contribution in [0.2, 0.25) is 0 Å². The van der Waals surface area contributed by atoms with Crippen LogP contribution in [0.3, 0.4) is 0 Å². The summed E-state index contributed by atoms with van der Waals surface area (Å²) in [6.07, 6.45) is 5.83. The van der Waals surface area contributed by atoms with Crippen molar-refractivity contribution in [2.45, 2.75) is 38.8 Å². The van der Waals surface area contributed by atoms with E-state index >= 15 is 0 Å². The fraction of sp³-hybridized carbons (Fsp3) is 0.421. The Bertz CT molecular complexity index is 1050. The van der Waals surface area contributed by atoms with E-state index < -0.39 is 6.04 Å². The summed E-state index contributed by atoms with van der Waals surface area (Å²) in [4.78, 5) is 39.5. The topological polar surface area (TPSA) is 132 Å². The molecule has 0 radical (unpaired) electrons. The molecule has 3 aromatic heterocycles. The van der Waals surface area contributed by atoms with Crippen LogP contribution in [0, 0.1) is 6.92 Å². The molecule has 1 aliphatic heterocycles. The van der Waals surface area contributed by atoms with E-state index in [0.717, 1.165) is 0 Å². The molecule has 0 saturated carbocycles. The van der Waals surface area contributed by atoms with Gasteiger partial charge < -0.3 is 24.9 Å². The highest BCUT2D eigenvalue weighted by Gasteiger charge is 2.29. The normalized spacial score (nSPS) is 16.1. The van der Waals surface area contributed by atoms with Crippen LogP contribution in [-0.2, 0) is 4.79 Å². The lowest BCUT2D eigenvalue weighted by atomic mass is 10.0. The van der Waals surface area contributed by atoms with Gasteiger partial charge in [-0.05, 0) is 32.8 Å². The van der Waals surface area contributed by atoms with E-state index in [4.69, 9.17) is 10.2 Å². The number of anilines is 1. The highest BCUT2D eigenvalue weighted by molar-refractivity contribution is 5.95. The summed E-state index contributed by atoms with van der Waals surface area (Å²) in [5.74, 6) is 0.729. The number of hydrogen-bond donors (Lipinski definition) is 2. The smallest absolute Gasteiger partial charge is 0.255 e. The van der Waals surface area contributed by atoms with Gasteiger partial charge in [0.1, 0.15) is 23.6 Å². The lowest BCUT2D eigenvalue weighted by Gasteiger charge is -2.34. The van der Waals surface area contributed by atoms with Gasteiger partial charge in [0.2, 0.25) is 5.91 Å². The zero-order chi connectivity index (χ0) is 20.5. The van der Waals surface area contributed by atoms with Crippen LogP contribution in [0.5, 0.6) is 0 Å². The Morgan fingerprint density at radius 1 is 1.28 bits per heavy atom.